The zero-order chi connectivity index (χ0) is 14.4. The molecule has 0 amide bonds. The molecule has 1 aromatic rings. The van der Waals surface area contributed by atoms with Gasteiger partial charge in [0.05, 0.1) is 37.7 Å². The first-order valence-corrected chi connectivity index (χ1v) is 7.26. The molecular formula is C13H20ClN3O3. The Morgan fingerprint density at radius 3 is 3.00 bits per heavy atom. The lowest BCUT2D eigenvalue weighted by Gasteiger charge is -2.18. The maximum Gasteiger partial charge on any atom is 0.268 e. The van der Waals surface area contributed by atoms with Crippen molar-refractivity contribution in [3.05, 3.63) is 22.6 Å². The number of rotatable bonds is 7. The molecule has 2 heterocycles. The van der Waals surface area contributed by atoms with E-state index in [4.69, 9.17) is 21.1 Å². The van der Waals surface area contributed by atoms with Crippen LogP contribution in [-0.4, -0.2) is 55.2 Å². The Kier molecular flexibility index (Phi) is 5.82. The van der Waals surface area contributed by atoms with E-state index in [0.717, 1.165) is 25.2 Å². The normalized spacial score (nSPS) is 18.7. The van der Waals surface area contributed by atoms with Crippen molar-refractivity contribution in [3.8, 4) is 0 Å². The second-order valence-corrected chi connectivity index (χ2v) is 5.05. The molecule has 7 heteroatoms. The van der Waals surface area contributed by atoms with Gasteiger partial charge in [-0.2, -0.15) is 5.10 Å². The van der Waals surface area contributed by atoms with Crippen LogP contribution in [0.4, 0.5) is 5.69 Å². The van der Waals surface area contributed by atoms with Crippen LogP contribution in [0, 0.1) is 0 Å². The summed E-state index contributed by atoms with van der Waals surface area (Å²) in [7, 11) is 1.71. The van der Waals surface area contributed by atoms with Crippen LogP contribution < -0.4 is 10.5 Å². The Labute approximate surface area is 123 Å². The number of hydrogen-bond acceptors (Lipinski definition) is 5. The summed E-state index contributed by atoms with van der Waals surface area (Å²) in [5.74, 6) is 0.455. The lowest BCUT2D eigenvalue weighted by molar-refractivity contribution is 0.121. The molecule has 1 fully saturated rings. The van der Waals surface area contributed by atoms with E-state index >= 15 is 0 Å². The van der Waals surface area contributed by atoms with Gasteiger partial charge in [-0.05, 0) is 6.42 Å². The maximum absolute atomic E-state index is 12.0. The standard InChI is InChI=1S/C13H20ClN3O3/c1-19-12-2-4-16(10-12)11-8-13(18)17(15-9-11)5-7-20-6-3-14/h8-9,12H,2-7,10H2,1H3. The predicted octanol–water partition coefficient (Wildman–Crippen LogP) is 0.724. The Bertz CT molecular complexity index is 480. The minimum atomic E-state index is -0.113. The van der Waals surface area contributed by atoms with Crippen molar-refractivity contribution in [1.29, 1.82) is 0 Å². The molecule has 0 saturated carbocycles. The van der Waals surface area contributed by atoms with E-state index in [0.29, 0.717) is 25.6 Å². The van der Waals surface area contributed by atoms with Crippen LogP contribution >= 0.6 is 11.6 Å². The van der Waals surface area contributed by atoms with E-state index in [1.807, 2.05) is 0 Å². The predicted molar refractivity (Wildman–Crippen MR) is 77.7 cm³/mol. The molecule has 20 heavy (non-hydrogen) atoms. The Hall–Kier alpha value is -1.11. The SMILES string of the molecule is COC1CCN(c2cnn(CCOCCCl)c(=O)c2)C1. The van der Waals surface area contributed by atoms with Gasteiger partial charge in [-0.3, -0.25) is 4.79 Å². The van der Waals surface area contributed by atoms with Gasteiger partial charge in [-0.15, -0.1) is 11.6 Å². The van der Waals surface area contributed by atoms with Crippen molar-refractivity contribution in [2.45, 2.75) is 19.1 Å². The van der Waals surface area contributed by atoms with Crippen molar-refractivity contribution >= 4 is 17.3 Å². The van der Waals surface area contributed by atoms with E-state index < -0.39 is 0 Å². The monoisotopic (exact) mass is 301 g/mol. The number of halogens is 1. The molecule has 1 saturated heterocycles. The highest BCUT2D eigenvalue weighted by Crippen LogP contribution is 2.19. The number of ether oxygens (including phenoxy) is 2. The third-order valence-electron chi connectivity index (χ3n) is 3.37. The summed E-state index contributed by atoms with van der Waals surface area (Å²) in [6.07, 6.45) is 2.94. The lowest BCUT2D eigenvalue weighted by Crippen LogP contribution is -2.28. The quantitative estimate of drug-likeness (QED) is 0.549. The van der Waals surface area contributed by atoms with Crippen molar-refractivity contribution < 1.29 is 9.47 Å². The molecule has 0 aromatic carbocycles. The molecule has 0 N–H and O–H groups in total. The first-order chi connectivity index (χ1) is 9.74. The average molecular weight is 302 g/mol. The number of methoxy groups -OCH3 is 1. The highest BCUT2D eigenvalue weighted by atomic mass is 35.5. The zero-order valence-electron chi connectivity index (χ0n) is 11.6. The largest absolute Gasteiger partial charge is 0.380 e. The zero-order valence-corrected chi connectivity index (χ0v) is 12.4. The van der Waals surface area contributed by atoms with Crippen molar-refractivity contribution in [3.63, 3.8) is 0 Å². The van der Waals surface area contributed by atoms with Crippen LogP contribution in [0.1, 0.15) is 6.42 Å². The molecule has 1 atom stereocenters. The van der Waals surface area contributed by atoms with Crippen LogP contribution in [0.25, 0.3) is 0 Å². The molecule has 0 bridgehead atoms. The number of aromatic nitrogens is 2. The van der Waals surface area contributed by atoms with Crippen LogP contribution in [-0.2, 0) is 16.0 Å². The van der Waals surface area contributed by atoms with Crippen LogP contribution in [0.2, 0.25) is 0 Å². The highest BCUT2D eigenvalue weighted by Gasteiger charge is 2.22. The van der Waals surface area contributed by atoms with Crippen LogP contribution in [0.3, 0.4) is 0 Å². The van der Waals surface area contributed by atoms with Gasteiger partial charge in [0.15, 0.2) is 0 Å². The van der Waals surface area contributed by atoms with E-state index in [2.05, 4.69) is 10.00 Å². The number of anilines is 1. The van der Waals surface area contributed by atoms with E-state index in [1.54, 1.807) is 19.4 Å². The maximum atomic E-state index is 12.0. The van der Waals surface area contributed by atoms with Gasteiger partial charge in [0.1, 0.15) is 0 Å². The molecule has 0 spiro atoms. The van der Waals surface area contributed by atoms with E-state index in [1.165, 1.54) is 4.68 Å². The minimum Gasteiger partial charge on any atom is -0.380 e. The minimum absolute atomic E-state index is 0.113. The molecule has 6 nitrogen and oxygen atoms in total. The summed E-state index contributed by atoms with van der Waals surface area (Å²) in [5.41, 5.74) is 0.741. The van der Waals surface area contributed by atoms with Crippen LogP contribution in [0.5, 0.6) is 0 Å². The van der Waals surface area contributed by atoms with Gasteiger partial charge in [-0.1, -0.05) is 0 Å². The second-order valence-electron chi connectivity index (χ2n) is 4.67. The molecule has 112 valence electrons. The molecule has 1 aliphatic heterocycles. The Balaban J connectivity index is 1.94. The second kappa shape index (κ2) is 7.61. The van der Waals surface area contributed by atoms with E-state index in [-0.39, 0.29) is 11.7 Å². The van der Waals surface area contributed by atoms with Crippen molar-refractivity contribution in [2.24, 2.45) is 0 Å². The Morgan fingerprint density at radius 1 is 1.50 bits per heavy atom. The summed E-state index contributed by atoms with van der Waals surface area (Å²) in [6.45, 7) is 3.06. The van der Waals surface area contributed by atoms with E-state index in [9.17, 15) is 4.79 Å². The average Bonchev–Trinajstić information content (AvgIpc) is 2.94. The smallest absolute Gasteiger partial charge is 0.268 e. The molecule has 0 radical (unpaired) electrons. The van der Waals surface area contributed by atoms with Gasteiger partial charge in [0, 0.05) is 32.1 Å². The van der Waals surface area contributed by atoms with Gasteiger partial charge >= 0.3 is 0 Å². The topological polar surface area (TPSA) is 56.6 Å². The summed E-state index contributed by atoms with van der Waals surface area (Å²) in [5, 5.41) is 4.18. The third-order valence-corrected chi connectivity index (χ3v) is 3.52. The molecule has 2 rings (SSSR count). The lowest BCUT2D eigenvalue weighted by atomic mass is 10.3. The van der Waals surface area contributed by atoms with Crippen molar-refractivity contribution in [1.82, 2.24) is 9.78 Å². The number of alkyl halides is 1. The van der Waals surface area contributed by atoms with Crippen LogP contribution in [0.15, 0.2) is 17.1 Å². The van der Waals surface area contributed by atoms with Gasteiger partial charge in [0.2, 0.25) is 0 Å². The molecule has 1 aromatic heterocycles. The first kappa shape index (κ1) is 15.3. The van der Waals surface area contributed by atoms with Gasteiger partial charge < -0.3 is 14.4 Å². The third kappa shape index (κ3) is 3.94. The molecule has 1 aliphatic rings. The summed E-state index contributed by atoms with van der Waals surface area (Å²) in [4.78, 5) is 14.1. The summed E-state index contributed by atoms with van der Waals surface area (Å²) >= 11 is 5.51. The molecule has 0 aliphatic carbocycles. The summed E-state index contributed by atoms with van der Waals surface area (Å²) < 4.78 is 12.0. The highest BCUT2D eigenvalue weighted by molar-refractivity contribution is 6.17. The fourth-order valence-corrected chi connectivity index (χ4v) is 2.34. The van der Waals surface area contributed by atoms with Gasteiger partial charge in [0.25, 0.3) is 5.56 Å². The fourth-order valence-electron chi connectivity index (χ4n) is 2.23. The fraction of sp³-hybridized carbons (Fsp3) is 0.692. The van der Waals surface area contributed by atoms with Crippen molar-refractivity contribution in [2.75, 3.05) is 44.2 Å². The Morgan fingerprint density at radius 2 is 2.35 bits per heavy atom. The molecule has 1 unspecified atom stereocenters. The number of hydrogen-bond donors (Lipinski definition) is 0. The summed E-state index contributed by atoms with van der Waals surface area (Å²) in [6, 6.07) is 1.62. The first-order valence-electron chi connectivity index (χ1n) is 6.73. The van der Waals surface area contributed by atoms with Gasteiger partial charge in [-0.25, -0.2) is 4.68 Å². The molecular weight excluding hydrogens is 282 g/mol. The number of nitrogens with zero attached hydrogens (tertiary/aromatic N) is 3.